The number of halogens is 4. The standard InChI is InChI=1S/C20H16ClF3/c1-13-9-11-14(12-10-13)19-16(15-5-2-3-8-18(15)21)6-4-7-17(19)20(22,23)24/h2-3,5,7-12H,4,6H2,1H3. The van der Waals surface area contributed by atoms with E-state index in [9.17, 15) is 13.2 Å². The molecule has 1 aliphatic rings. The van der Waals surface area contributed by atoms with E-state index in [4.69, 9.17) is 11.6 Å². The summed E-state index contributed by atoms with van der Waals surface area (Å²) in [7, 11) is 0. The van der Waals surface area contributed by atoms with Gasteiger partial charge in [0, 0.05) is 5.02 Å². The van der Waals surface area contributed by atoms with Gasteiger partial charge in [-0.05, 0) is 48.1 Å². The van der Waals surface area contributed by atoms with Gasteiger partial charge in [0.2, 0.25) is 0 Å². The van der Waals surface area contributed by atoms with Gasteiger partial charge in [0.1, 0.15) is 0 Å². The third-order valence-electron chi connectivity index (χ3n) is 4.16. The van der Waals surface area contributed by atoms with E-state index in [1.165, 1.54) is 6.08 Å². The largest absolute Gasteiger partial charge is 0.416 e. The van der Waals surface area contributed by atoms with E-state index in [1.54, 1.807) is 36.4 Å². The highest BCUT2D eigenvalue weighted by Crippen LogP contribution is 2.46. The maximum absolute atomic E-state index is 13.6. The Kier molecular flexibility index (Phi) is 4.55. The number of benzene rings is 2. The first-order valence-electron chi connectivity index (χ1n) is 7.71. The molecule has 0 saturated carbocycles. The van der Waals surface area contributed by atoms with Crippen LogP contribution in [0.3, 0.4) is 0 Å². The lowest BCUT2D eigenvalue weighted by atomic mass is 9.82. The molecule has 0 heterocycles. The maximum Gasteiger partial charge on any atom is 0.416 e. The Balaban J connectivity index is 2.27. The lowest BCUT2D eigenvalue weighted by molar-refractivity contribution is -0.0874. The van der Waals surface area contributed by atoms with Crippen molar-refractivity contribution in [1.29, 1.82) is 0 Å². The van der Waals surface area contributed by atoms with Gasteiger partial charge in [0.05, 0.1) is 5.57 Å². The molecule has 24 heavy (non-hydrogen) atoms. The van der Waals surface area contributed by atoms with Crippen LogP contribution in [0.15, 0.2) is 60.2 Å². The second-order valence-electron chi connectivity index (χ2n) is 5.85. The number of allylic oxidation sites excluding steroid dienone is 4. The molecule has 0 nitrogen and oxygen atoms in total. The Hall–Kier alpha value is -2.00. The summed E-state index contributed by atoms with van der Waals surface area (Å²) < 4.78 is 40.8. The molecule has 0 N–H and O–H groups in total. The Bertz CT molecular complexity index is 812. The van der Waals surface area contributed by atoms with Crippen LogP contribution in [0.25, 0.3) is 11.1 Å². The summed E-state index contributed by atoms with van der Waals surface area (Å²) >= 11 is 6.26. The van der Waals surface area contributed by atoms with Crippen molar-refractivity contribution in [3.05, 3.63) is 81.9 Å². The van der Waals surface area contributed by atoms with Gasteiger partial charge in [-0.2, -0.15) is 13.2 Å². The molecule has 0 amide bonds. The van der Waals surface area contributed by atoms with Crippen LogP contribution in [0, 0.1) is 6.92 Å². The fourth-order valence-electron chi connectivity index (χ4n) is 3.03. The van der Waals surface area contributed by atoms with Gasteiger partial charge in [-0.25, -0.2) is 0 Å². The molecular formula is C20H16ClF3. The maximum atomic E-state index is 13.6. The van der Waals surface area contributed by atoms with E-state index in [-0.39, 0.29) is 5.57 Å². The Morgan fingerprint density at radius 2 is 1.62 bits per heavy atom. The lowest BCUT2D eigenvalue weighted by Crippen LogP contribution is -2.17. The molecule has 124 valence electrons. The smallest absolute Gasteiger partial charge is 0.166 e. The van der Waals surface area contributed by atoms with E-state index in [2.05, 4.69) is 0 Å². The van der Waals surface area contributed by atoms with Crippen molar-refractivity contribution < 1.29 is 13.2 Å². The van der Waals surface area contributed by atoms with Crippen LogP contribution >= 0.6 is 11.6 Å². The van der Waals surface area contributed by atoms with E-state index in [0.29, 0.717) is 34.6 Å². The van der Waals surface area contributed by atoms with Crippen LogP contribution in [0.4, 0.5) is 13.2 Å². The molecule has 0 fully saturated rings. The summed E-state index contributed by atoms with van der Waals surface area (Å²) in [5.41, 5.74) is 2.56. The minimum Gasteiger partial charge on any atom is -0.166 e. The van der Waals surface area contributed by atoms with Gasteiger partial charge in [0.25, 0.3) is 0 Å². The fourth-order valence-corrected chi connectivity index (χ4v) is 3.28. The highest BCUT2D eigenvalue weighted by molar-refractivity contribution is 6.32. The summed E-state index contributed by atoms with van der Waals surface area (Å²) in [6.07, 6.45) is -2.22. The third-order valence-corrected chi connectivity index (χ3v) is 4.49. The molecule has 0 unspecified atom stereocenters. The number of alkyl halides is 3. The van der Waals surface area contributed by atoms with E-state index in [1.807, 2.05) is 19.1 Å². The first kappa shape index (κ1) is 16.8. The van der Waals surface area contributed by atoms with Crippen molar-refractivity contribution in [2.45, 2.75) is 25.9 Å². The van der Waals surface area contributed by atoms with Crippen LogP contribution in [-0.2, 0) is 0 Å². The topological polar surface area (TPSA) is 0 Å². The number of hydrogen-bond donors (Lipinski definition) is 0. The number of aryl methyl sites for hydroxylation is 1. The van der Waals surface area contributed by atoms with Crippen molar-refractivity contribution in [3.8, 4) is 0 Å². The fraction of sp³-hybridized carbons (Fsp3) is 0.200. The van der Waals surface area contributed by atoms with Gasteiger partial charge in [-0.1, -0.05) is 65.7 Å². The minimum atomic E-state index is -4.40. The van der Waals surface area contributed by atoms with Crippen molar-refractivity contribution >= 4 is 22.7 Å². The summed E-state index contributed by atoms with van der Waals surface area (Å²) in [6, 6.07) is 14.2. The van der Waals surface area contributed by atoms with Crippen LogP contribution < -0.4 is 0 Å². The summed E-state index contributed by atoms with van der Waals surface area (Å²) in [5, 5.41) is 0.473. The van der Waals surface area contributed by atoms with Crippen molar-refractivity contribution in [2.75, 3.05) is 0 Å². The van der Waals surface area contributed by atoms with Crippen LogP contribution in [-0.4, -0.2) is 6.18 Å². The molecule has 0 bridgehead atoms. The SMILES string of the molecule is Cc1ccc(C2=C(c3ccccc3Cl)CCC=C2C(F)(F)F)cc1. The molecule has 0 radical (unpaired) electrons. The molecule has 0 aliphatic heterocycles. The van der Waals surface area contributed by atoms with E-state index >= 15 is 0 Å². The first-order chi connectivity index (χ1) is 11.4. The molecule has 0 saturated heterocycles. The Morgan fingerprint density at radius 3 is 2.25 bits per heavy atom. The van der Waals surface area contributed by atoms with Crippen LogP contribution in [0.2, 0.25) is 5.02 Å². The van der Waals surface area contributed by atoms with E-state index in [0.717, 1.165) is 5.56 Å². The normalized spacial score (nSPS) is 15.5. The van der Waals surface area contributed by atoms with Gasteiger partial charge in [-0.15, -0.1) is 0 Å². The highest BCUT2D eigenvalue weighted by atomic mass is 35.5. The first-order valence-corrected chi connectivity index (χ1v) is 8.08. The van der Waals surface area contributed by atoms with E-state index < -0.39 is 11.7 Å². The number of hydrogen-bond acceptors (Lipinski definition) is 0. The molecule has 1 aliphatic carbocycles. The Morgan fingerprint density at radius 1 is 0.958 bits per heavy atom. The summed E-state index contributed by atoms with van der Waals surface area (Å²) in [5.74, 6) is 0. The molecule has 2 aromatic carbocycles. The summed E-state index contributed by atoms with van der Waals surface area (Å²) in [4.78, 5) is 0. The quantitative estimate of drug-likeness (QED) is 0.557. The second kappa shape index (κ2) is 6.48. The lowest BCUT2D eigenvalue weighted by Gasteiger charge is -2.25. The average Bonchev–Trinajstić information content (AvgIpc) is 2.55. The van der Waals surface area contributed by atoms with Crippen LogP contribution in [0.1, 0.15) is 29.5 Å². The molecular weight excluding hydrogens is 333 g/mol. The summed E-state index contributed by atoms with van der Waals surface area (Å²) in [6.45, 7) is 1.91. The molecule has 4 heteroatoms. The van der Waals surface area contributed by atoms with Gasteiger partial charge < -0.3 is 0 Å². The zero-order valence-electron chi connectivity index (χ0n) is 13.1. The van der Waals surface area contributed by atoms with Gasteiger partial charge in [0.15, 0.2) is 0 Å². The minimum absolute atomic E-state index is 0.238. The van der Waals surface area contributed by atoms with Crippen molar-refractivity contribution in [1.82, 2.24) is 0 Å². The Labute approximate surface area is 144 Å². The zero-order chi connectivity index (χ0) is 17.3. The molecule has 3 rings (SSSR count). The molecule has 0 spiro atoms. The number of rotatable bonds is 2. The van der Waals surface area contributed by atoms with Gasteiger partial charge in [-0.3, -0.25) is 0 Å². The van der Waals surface area contributed by atoms with Crippen molar-refractivity contribution in [3.63, 3.8) is 0 Å². The average molecular weight is 349 g/mol. The highest BCUT2D eigenvalue weighted by Gasteiger charge is 2.38. The third kappa shape index (κ3) is 3.27. The molecule has 0 atom stereocenters. The zero-order valence-corrected chi connectivity index (χ0v) is 13.9. The monoisotopic (exact) mass is 348 g/mol. The van der Waals surface area contributed by atoms with Crippen molar-refractivity contribution in [2.24, 2.45) is 0 Å². The van der Waals surface area contributed by atoms with Gasteiger partial charge >= 0.3 is 6.18 Å². The molecule has 2 aromatic rings. The predicted molar refractivity (Wildman–Crippen MR) is 92.8 cm³/mol. The molecule has 0 aromatic heterocycles. The predicted octanol–water partition coefficient (Wildman–Crippen LogP) is 6.84. The van der Waals surface area contributed by atoms with Crippen LogP contribution in [0.5, 0.6) is 0 Å². The second-order valence-corrected chi connectivity index (χ2v) is 6.26.